The maximum atomic E-state index is 11.1. The maximum absolute atomic E-state index is 11.1. The van der Waals surface area contributed by atoms with Gasteiger partial charge >= 0.3 is 5.76 Å². The zero-order chi connectivity index (χ0) is 14.1. The predicted octanol–water partition coefficient (Wildman–Crippen LogP) is 4.15. The molecule has 2 N–H and O–H groups in total. The molecule has 0 unspecified atom stereocenters. The van der Waals surface area contributed by atoms with E-state index >= 15 is 0 Å². The fourth-order valence-corrected chi connectivity index (χ4v) is 2.66. The molecular formula is C14H10BrClN2O2. The van der Waals surface area contributed by atoms with Gasteiger partial charge in [0.15, 0.2) is 5.58 Å². The summed E-state index contributed by atoms with van der Waals surface area (Å²) >= 11 is 9.53. The number of aromatic nitrogens is 1. The van der Waals surface area contributed by atoms with Crippen molar-refractivity contribution in [2.24, 2.45) is 0 Å². The van der Waals surface area contributed by atoms with Crippen LogP contribution >= 0.6 is 27.5 Å². The molecule has 0 bridgehead atoms. The fraction of sp³-hybridized carbons (Fsp3) is 0.0714. The predicted molar refractivity (Wildman–Crippen MR) is 83.3 cm³/mol. The van der Waals surface area contributed by atoms with Crippen molar-refractivity contribution in [3.05, 3.63) is 62.0 Å². The summed E-state index contributed by atoms with van der Waals surface area (Å²) in [6.07, 6.45) is 0. The van der Waals surface area contributed by atoms with E-state index in [0.29, 0.717) is 22.7 Å². The average Bonchev–Trinajstić information content (AvgIpc) is 2.77. The number of benzene rings is 2. The fourth-order valence-electron chi connectivity index (χ4n) is 1.92. The molecule has 1 heterocycles. The van der Waals surface area contributed by atoms with Crippen molar-refractivity contribution in [1.29, 1.82) is 0 Å². The Bertz CT molecular complexity index is 825. The first-order valence-electron chi connectivity index (χ1n) is 5.92. The lowest BCUT2D eigenvalue weighted by Crippen LogP contribution is -2.00. The van der Waals surface area contributed by atoms with Crippen LogP contribution in [0.15, 0.2) is 50.1 Å². The van der Waals surface area contributed by atoms with Crippen LogP contribution in [-0.2, 0) is 6.54 Å². The summed E-state index contributed by atoms with van der Waals surface area (Å²) in [5.41, 5.74) is 3.09. The second kappa shape index (κ2) is 5.34. The SMILES string of the molecule is O=c1[nH]c2cc(NCc3ccc(Br)cc3Cl)ccc2o1. The molecule has 20 heavy (non-hydrogen) atoms. The molecule has 0 fully saturated rings. The van der Waals surface area contributed by atoms with E-state index in [-0.39, 0.29) is 0 Å². The zero-order valence-corrected chi connectivity index (χ0v) is 12.6. The number of nitrogens with one attached hydrogen (secondary N) is 2. The molecule has 0 aliphatic heterocycles. The molecule has 3 rings (SSSR count). The van der Waals surface area contributed by atoms with Gasteiger partial charge in [-0.25, -0.2) is 4.79 Å². The first-order valence-corrected chi connectivity index (χ1v) is 7.09. The smallest absolute Gasteiger partial charge is 0.408 e. The molecule has 2 aromatic carbocycles. The molecule has 1 aromatic heterocycles. The molecular weight excluding hydrogens is 344 g/mol. The van der Waals surface area contributed by atoms with Gasteiger partial charge in [-0.1, -0.05) is 33.6 Å². The Kier molecular flexibility index (Phi) is 3.54. The van der Waals surface area contributed by atoms with Crippen molar-refractivity contribution < 1.29 is 4.42 Å². The molecule has 3 aromatic rings. The average molecular weight is 354 g/mol. The number of fused-ring (bicyclic) bond motifs is 1. The number of anilines is 1. The Morgan fingerprint density at radius 2 is 2.10 bits per heavy atom. The number of rotatable bonds is 3. The Morgan fingerprint density at radius 1 is 1.25 bits per heavy atom. The lowest BCUT2D eigenvalue weighted by Gasteiger charge is -2.08. The minimum atomic E-state index is -0.451. The summed E-state index contributed by atoms with van der Waals surface area (Å²) in [6, 6.07) is 11.2. The van der Waals surface area contributed by atoms with E-state index < -0.39 is 5.76 Å². The molecule has 0 amide bonds. The summed E-state index contributed by atoms with van der Waals surface area (Å²) in [4.78, 5) is 13.7. The molecule has 0 aliphatic carbocycles. The molecule has 0 aliphatic rings. The van der Waals surface area contributed by atoms with Gasteiger partial charge in [0.2, 0.25) is 0 Å². The third kappa shape index (κ3) is 2.73. The Morgan fingerprint density at radius 3 is 2.90 bits per heavy atom. The van der Waals surface area contributed by atoms with Crippen LogP contribution in [-0.4, -0.2) is 4.98 Å². The van der Waals surface area contributed by atoms with Crippen LogP contribution < -0.4 is 11.1 Å². The van der Waals surface area contributed by atoms with Crippen LogP contribution in [0.25, 0.3) is 11.1 Å². The number of hydrogen-bond acceptors (Lipinski definition) is 3. The van der Waals surface area contributed by atoms with Crippen molar-refractivity contribution in [2.45, 2.75) is 6.54 Å². The maximum Gasteiger partial charge on any atom is 0.417 e. The van der Waals surface area contributed by atoms with E-state index in [9.17, 15) is 4.79 Å². The molecule has 0 saturated carbocycles. The topological polar surface area (TPSA) is 58.0 Å². The van der Waals surface area contributed by atoms with Crippen LogP contribution in [0.1, 0.15) is 5.56 Å². The van der Waals surface area contributed by atoms with Crippen molar-refractivity contribution in [3.63, 3.8) is 0 Å². The highest BCUT2D eigenvalue weighted by molar-refractivity contribution is 9.10. The van der Waals surface area contributed by atoms with E-state index in [1.807, 2.05) is 30.3 Å². The second-order valence-electron chi connectivity index (χ2n) is 4.31. The van der Waals surface area contributed by atoms with Gasteiger partial charge in [0, 0.05) is 21.7 Å². The van der Waals surface area contributed by atoms with Gasteiger partial charge in [-0.3, -0.25) is 4.98 Å². The molecule has 6 heteroatoms. The summed E-state index contributed by atoms with van der Waals surface area (Å²) in [5, 5.41) is 3.96. The highest BCUT2D eigenvalue weighted by Crippen LogP contribution is 2.23. The molecule has 0 radical (unpaired) electrons. The molecule has 0 spiro atoms. The minimum absolute atomic E-state index is 0.451. The van der Waals surface area contributed by atoms with E-state index in [4.69, 9.17) is 16.0 Å². The standard InChI is InChI=1S/C14H10BrClN2O2/c15-9-2-1-8(11(16)5-9)7-17-10-3-4-13-12(6-10)18-14(19)20-13/h1-6,17H,7H2,(H,18,19). The summed E-state index contributed by atoms with van der Waals surface area (Å²) in [7, 11) is 0. The van der Waals surface area contributed by atoms with Crippen LogP contribution in [0.5, 0.6) is 0 Å². The van der Waals surface area contributed by atoms with Gasteiger partial charge in [0.05, 0.1) is 5.52 Å². The van der Waals surface area contributed by atoms with Crippen molar-refractivity contribution in [2.75, 3.05) is 5.32 Å². The number of hydrogen-bond donors (Lipinski definition) is 2. The summed E-state index contributed by atoms with van der Waals surface area (Å²) in [6.45, 7) is 0.597. The van der Waals surface area contributed by atoms with E-state index in [0.717, 1.165) is 15.7 Å². The number of aromatic amines is 1. The van der Waals surface area contributed by atoms with Gasteiger partial charge in [0.1, 0.15) is 0 Å². The largest absolute Gasteiger partial charge is 0.417 e. The van der Waals surface area contributed by atoms with Crippen LogP contribution in [0, 0.1) is 0 Å². The minimum Gasteiger partial charge on any atom is -0.408 e. The van der Waals surface area contributed by atoms with E-state index in [2.05, 4.69) is 26.2 Å². The van der Waals surface area contributed by atoms with E-state index in [1.54, 1.807) is 6.07 Å². The van der Waals surface area contributed by atoms with Crippen molar-refractivity contribution >= 4 is 44.3 Å². The molecule has 4 nitrogen and oxygen atoms in total. The summed E-state index contributed by atoms with van der Waals surface area (Å²) in [5.74, 6) is -0.451. The molecule has 0 saturated heterocycles. The third-order valence-corrected chi connectivity index (χ3v) is 3.76. The van der Waals surface area contributed by atoms with Gasteiger partial charge < -0.3 is 9.73 Å². The monoisotopic (exact) mass is 352 g/mol. The normalized spacial score (nSPS) is 10.9. The number of oxazole rings is 1. The van der Waals surface area contributed by atoms with Crippen LogP contribution in [0.4, 0.5) is 5.69 Å². The number of halogens is 2. The highest BCUT2D eigenvalue weighted by atomic mass is 79.9. The van der Waals surface area contributed by atoms with Gasteiger partial charge in [0.25, 0.3) is 0 Å². The van der Waals surface area contributed by atoms with Crippen molar-refractivity contribution in [3.8, 4) is 0 Å². The lowest BCUT2D eigenvalue weighted by atomic mass is 10.2. The number of H-pyrrole nitrogens is 1. The summed E-state index contributed by atoms with van der Waals surface area (Å²) < 4.78 is 5.90. The van der Waals surface area contributed by atoms with E-state index in [1.165, 1.54) is 0 Å². The Balaban J connectivity index is 1.80. The quantitative estimate of drug-likeness (QED) is 0.743. The molecule has 102 valence electrons. The Hall–Kier alpha value is -1.72. The highest BCUT2D eigenvalue weighted by Gasteiger charge is 2.04. The first-order chi connectivity index (χ1) is 9.61. The zero-order valence-electron chi connectivity index (χ0n) is 10.2. The van der Waals surface area contributed by atoms with Crippen LogP contribution in [0.2, 0.25) is 5.02 Å². The van der Waals surface area contributed by atoms with Gasteiger partial charge in [-0.05, 0) is 35.9 Å². The third-order valence-electron chi connectivity index (χ3n) is 2.92. The Labute approximate surface area is 127 Å². The van der Waals surface area contributed by atoms with Gasteiger partial charge in [-0.15, -0.1) is 0 Å². The lowest BCUT2D eigenvalue weighted by molar-refractivity contribution is 0.555. The van der Waals surface area contributed by atoms with Crippen molar-refractivity contribution in [1.82, 2.24) is 4.98 Å². The second-order valence-corrected chi connectivity index (χ2v) is 5.64. The first kappa shape index (κ1) is 13.3. The van der Waals surface area contributed by atoms with Crippen LogP contribution in [0.3, 0.4) is 0 Å². The molecule has 0 atom stereocenters. The van der Waals surface area contributed by atoms with Gasteiger partial charge in [-0.2, -0.15) is 0 Å².